The predicted octanol–water partition coefficient (Wildman–Crippen LogP) is 1.73. The van der Waals surface area contributed by atoms with Crippen LogP contribution in [0.2, 0.25) is 0 Å². The molecular formula is C15H26N4. The molecule has 2 fully saturated rings. The van der Waals surface area contributed by atoms with Gasteiger partial charge in [0.1, 0.15) is 0 Å². The largest absolute Gasteiger partial charge is 0.316 e. The fraction of sp³-hybridized carbons (Fsp3) is 0.800. The molecule has 0 spiro atoms. The van der Waals surface area contributed by atoms with Crippen molar-refractivity contribution in [3.63, 3.8) is 0 Å². The van der Waals surface area contributed by atoms with Crippen LogP contribution in [-0.2, 0) is 6.54 Å². The minimum absolute atomic E-state index is 0.505. The average molecular weight is 262 g/mol. The number of rotatable bonds is 3. The van der Waals surface area contributed by atoms with E-state index in [4.69, 9.17) is 0 Å². The number of aromatic nitrogens is 2. The predicted molar refractivity (Wildman–Crippen MR) is 77.2 cm³/mol. The molecule has 2 saturated heterocycles. The van der Waals surface area contributed by atoms with Gasteiger partial charge in [0.15, 0.2) is 0 Å². The molecular weight excluding hydrogens is 236 g/mol. The van der Waals surface area contributed by atoms with E-state index in [2.05, 4.69) is 47.7 Å². The Morgan fingerprint density at radius 2 is 1.89 bits per heavy atom. The highest BCUT2D eigenvalue weighted by Gasteiger charge is 2.38. The Morgan fingerprint density at radius 1 is 1.26 bits per heavy atom. The molecule has 0 bridgehead atoms. The van der Waals surface area contributed by atoms with Crippen LogP contribution in [0.3, 0.4) is 0 Å². The summed E-state index contributed by atoms with van der Waals surface area (Å²) in [6.07, 6.45) is 0. The lowest BCUT2D eigenvalue weighted by atomic mass is 10.0. The molecule has 3 atom stereocenters. The van der Waals surface area contributed by atoms with Crippen LogP contribution in [0.1, 0.15) is 36.8 Å². The number of aryl methyl sites for hydroxylation is 2. The second-order valence-corrected chi connectivity index (χ2v) is 6.21. The minimum Gasteiger partial charge on any atom is -0.316 e. The van der Waals surface area contributed by atoms with Gasteiger partial charge in [-0.25, -0.2) is 0 Å². The van der Waals surface area contributed by atoms with Crippen LogP contribution in [0.4, 0.5) is 0 Å². The first-order valence-electron chi connectivity index (χ1n) is 7.60. The molecule has 2 aliphatic rings. The summed E-state index contributed by atoms with van der Waals surface area (Å²) in [5, 5.41) is 8.19. The Morgan fingerprint density at radius 3 is 2.42 bits per heavy atom. The number of nitrogens with zero attached hydrogens (tertiary/aromatic N) is 3. The lowest BCUT2D eigenvalue weighted by Gasteiger charge is -2.26. The Bertz CT molecular complexity index is 453. The molecule has 3 rings (SSSR count). The Labute approximate surface area is 116 Å². The van der Waals surface area contributed by atoms with Gasteiger partial charge in [0.25, 0.3) is 0 Å². The second-order valence-electron chi connectivity index (χ2n) is 6.21. The molecule has 0 aliphatic carbocycles. The number of likely N-dealkylation sites (tertiary alicyclic amines) is 1. The Balaban J connectivity index is 1.81. The van der Waals surface area contributed by atoms with E-state index in [1.165, 1.54) is 43.1 Å². The third kappa shape index (κ3) is 2.11. The van der Waals surface area contributed by atoms with Crippen LogP contribution < -0.4 is 5.32 Å². The number of hydrogen-bond acceptors (Lipinski definition) is 3. The van der Waals surface area contributed by atoms with Gasteiger partial charge < -0.3 is 5.32 Å². The molecule has 4 nitrogen and oxygen atoms in total. The number of hydrogen-bond donors (Lipinski definition) is 1. The van der Waals surface area contributed by atoms with Gasteiger partial charge in [0.05, 0.1) is 5.69 Å². The minimum atomic E-state index is 0.505. The van der Waals surface area contributed by atoms with Gasteiger partial charge in [0, 0.05) is 36.9 Å². The molecule has 3 unspecified atom stereocenters. The van der Waals surface area contributed by atoms with Gasteiger partial charge in [0.2, 0.25) is 0 Å². The van der Waals surface area contributed by atoms with Crippen molar-refractivity contribution in [3.8, 4) is 0 Å². The van der Waals surface area contributed by atoms with E-state index < -0.39 is 0 Å². The van der Waals surface area contributed by atoms with Crippen LogP contribution in [0, 0.1) is 25.7 Å². The van der Waals surface area contributed by atoms with Gasteiger partial charge in [-0.05, 0) is 52.6 Å². The van der Waals surface area contributed by atoms with Crippen molar-refractivity contribution in [2.45, 2.75) is 40.3 Å². The summed E-state index contributed by atoms with van der Waals surface area (Å²) in [6.45, 7) is 14.8. The zero-order valence-electron chi connectivity index (χ0n) is 12.6. The summed E-state index contributed by atoms with van der Waals surface area (Å²) in [5.41, 5.74) is 4.01. The maximum atomic E-state index is 4.67. The molecule has 1 aromatic rings. The van der Waals surface area contributed by atoms with E-state index in [1.54, 1.807) is 0 Å². The summed E-state index contributed by atoms with van der Waals surface area (Å²) in [4.78, 5) is 2.66. The number of fused-ring (bicyclic) bond motifs is 1. The van der Waals surface area contributed by atoms with Gasteiger partial charge in [-0.2, -0.15) is 5.10 Å². The van der Waals surface area contributed by atoms with E-state index in [9.17, 15) is 0 Å². The monoisotopic (exact) mass is 262 g/mol. The Hall–Kier alpha value is -0.870. The molecule has 0 radical (unpaired) electrons. The second kappa shape index (κ2) is 4.91. The van der Waals surface area contributed by atoms with Crippen LogP contribution in [0.25, 0.3) is 0 Å². The first-order chi connectivity index (χ1) is 9.11. The van der Waals surface area contributed by atoms with Crippen LogP contribution in [0.5, 0.6) is 0 Å². The van der Waals surface area contributed by atoms with Crippen molar-refractivity contribution in [1.82, 2.24) is 20.0 Å². The van der Waals surface area contributed by atoms with E-state index in [-0.39, 0.29) is 0 Å². The lowest BCUT2D eigenvalue weighted by molar-refractivity contribution is 0.242. The van der Waals surface area contributed by atoms with Crippen LogP contribution >= 0.6 is 0 Å². The highest BCUT2D eigenvalue weighted by atomic mass is 15.3. The highest BCUT2D eigenvalue weighted by Crippen LogP contribution is 2.34. The normalized spacial score (nSPS) is 28.8. The molecule has 0 amide bonds. The van der Waals surface area contributed by atoms with Crippen LogP contribution in [-0.4, -0.2) is 40.9 Å². The third-order valence-corrected chi connectivity index (χ3v) is 5.12. The first kappa shape index (κ1) is 13.1. The topological polar surface area (TPSA) is 33.1 Å². The summed E-state index contributed by atoms with van der Waals surface area (Å²) in [5.74, 6) is 1.73. The lowest BCUT2D eigenvalue weighted by Crippen LogP contribution is -2.29. The molecule has 2 aliphatic heterocycles. The first-order valence-corrected chi connectivity index (χ1v) is 7.60. The Kier molecular flexibility index (Phi) is 3.39. The molecule has 19 heavy (non-hydrogen) atoms. The van der Waals surface area contributed by atoms with Gasteiger partial charge in [-0.1, -0.05) is 0 Å². The zero-order valence-corrected chi connectivity index (χ0v) is 12.6. The quantitative estimate of drug-likeness (QED) is 0.900. The smallest absolute Gasteiger partial charge is 0.0644 e. The standard InChI is InChI=1S/C15H26N4/c1-5-19-12(4)15(10(2)17-19)11(3)18-8-13-6-16-7-14(13)9-18/h11,13-14,16H,5-9H2,1-4H3. The molecule has 0 saturated carbocycles. The zero-order chi connectivity index (χ0) is 13.6. The molecule has 3 heterocycles. The van der Waals surface area contributed by atoms with Crippen molar-refractivity contribution < 1.29 is 0 Å². The van der Waals surface area contributed by atoms with Crippen molar-refractivity contribution in [3.05, 3.63) is 17.0 Å². The molecule has 1 N–H and O–H groups in total. The SMILES string of the molecule is CCn1nc(C)c(C(C)N2CC3CNCC3C2)c1C. The highest BCUT2D eigenvalue weighted by molar-refractivity contribution is 5.28. The van der Waals surface area contributed by atoms with Crippen molar-refractivity contribution in [1.29, 1.82) is 0 Å². The van der Waals surface area contributed by atoms with E-state index in [1.807, 2.05) is 0 Å². The van der Waals surface area contributed by atoms with Crippen molar-refractivity contribution >= 4 is 0 Å². The average Bonchev–Trinajstić information content (AvgIpc) is 3.01. The van der Waals surface area contributed by atoms with E-state index >= 15 is 0 Å². The summed E-state index contributed by atoms with van der Waals surface area (Å²) >= 11 is 0. The summed E-state index contributed by atoms with van der Waals surface area (Å²) in [7, 11) is 0. The summed E-state index contributed by atoms with van der Waals surface area (Å²) in [6, 6.07) is 0.505. The van der Waals surface area contributed by atoms with Crippen molar-refractivity contribution in [2.24, 2.45) is 11.8 Å². The molecule has 4 heteroatoms. The third-order valence-electron chi connectivity index (χ3n) is 5.12. The molecule has 0 aromatic carbocycles. The van der Waals surface area contributed by atoms with Gasteiger partial charge in [-0.15, -0.1) is 0 Å². The summed E-state index contributed by atoms with van der Waals surface area (Å²) < 4.78 is 2.14. The van der Waals surface area contributed by atoms with Crippen LogP contribution in [0.15, 0.2) is 0 Å². The van der Waals surface area contributed by atoms with Crippen molar-refractivity contribution in [2.75, 3.05) is 26.2 Å². The maximum Gasteiger partial charge on any atom is 0.0644 e. The maximum absolute atomic E-state index is 4.67. The van der Waals surface area contributed by atoms with E-state index in [0.717, 1.165) is 18.4 Å². The number of nitrogens with one attached hydrogen (secondary N) is 1. The van der Waals surface area contributed by atoms with Gasteiger partial charge in [-0.3, -0.25) is 9.58 Å². The van der Waals surface area contributed by atoms with Gasteiger partial charge >= 0.3 is 0 Å². The molecule has 106 valence electrons. The van der Waals surface area contributed by atoms with E-state index in [0.29, 0.717) is 6.04 Å². The fourth-order valence-corrected chi connectivity index (χ4v) is 4.01. The fourth-order valence-electron chi connectivity index (χ4n) is 4.01. The molecule has 1 aromatic heterocycles.